The summed E-state index contributed by atoms with van der Waals surface area (Å²) in [4.78, 5) is 24.0. The molecule has 6 nitrogen and oxygen atoms in total. The molecule has 6 heteroatoms. The Bertz CT molecular complexity index is 880. The van der Waals surface area contributed by atoms with Crippen LogP contribution in [0.3, 0.4) is 0 Å². The van der Waals surface area contributed by atoms with Crippen LogP contribution in [0.2, 0.25) is 0 Å². The monoisotopic (exact) mass is 703 g/mol. The molecule has 0 aromatic heterocycles. The number of epoxide rings is 1. The molecule has 3 unspecified atom stereocenters. The predicted octanol–water partition coefficient (Wildman–Crippen LogP) is 12.1. The van der Waals surface area contributed by atoms with E-state index in [0.717, 1.165) is 50.9 Å². The Morgan fingerprint density at radius 3 is 1.62 bits per heavy atom. The first-order valence-electron chi connectivity index (χ1n) is 21.1. The number of ether oxygens (including phenoxy) is 3. The van der Waals surface area contributed by atoms with Gasteiger partial charge in [-0.05, 0) is 57.3 Å². The van der Waals surface area contributed by atoms with Crippen molar-refractivity contribution in [3.8, 4) is 0 Å². The Morgan fingerprint density at radius 2 is 1.06 bits per heavy atom. The molecule has 0 aromatic carbocycles. The summed E-state index contributed by atoms with van der Waals surface area (Å²) >= 11 is 0. The molecule has 0 bridgehead atoms. The van der Waals surface area contributed by atoms with Crippen LogP contribution in [0.5, 0.6) is 0 Å². The Morgan fingerprint density at radius 1 is 0.600 bits per heavy atom. The quantitative estimate of drug-likeness (QED) is 0.0303. The highest BCUT2D eigenvalue weighted by molar-refractivity contribution is 5.69. The van der Waals surface area contributed by atoms with Crippen molar-refractivity contribution in [1.82, 2.24) is 0 Å². The van der Waals surface area contributed by atoms with Gasteiger partial charge < -0.3 is 19.3 Å². The number of hydrogen-bond donors (Lipinski definition) is 1. The van der Waals surface area contributed by atoms with Crippen LogP contribution < -0.4 is 0 Å². The van der Waals surface area contributed by atoms with Gasteiger partial charge in [0.05, 0.1) is 12.2 Å². The largest absolute Gasteiger partial charge is 0.463 e. The number of allylic oxidation sites excluding steroid dienone is 4. The average molecular weight is 703 g/mol. The van der Waals surface area contributed by atoms with Gasteiger partial charge >= 0.3 is 11.9 Å². The minimum absolute atomic E-state index is 0.135. The first kappa shape index (κ1) is 46.1. The number of carbonyl (C=O) groups excluding carboxylic acids is 2. The van der Waals surface area contributed by atoms with Crippen LogP contribution in [0, 0.1) is 5.92 Å². The van der Waals surface area contributed by atoms with E-state index in [-0.39, 0.29) is 25.2 Å². The van der Waals surface area contributed by atoms with E-state index >= 15 is 0 Å². The summed E-state index contributed by atoms with van der Waals surface area (Å²) in [6, 6.07) is 0. The van der Waals surface area contributed by atoms with Gasteiger partial charge in [0.2, 0.25) is 0 Å². The molecule has 0 spiro atoms. The number of carbonyl (C=O) groups is 2. The van der Waals surface area contributed by atoms with Gasteiger partial charge in [0.25, 0.3) is 0 Å². The molecular formula is C44H78O6. The van der Waals surface area contributed by atoms with Crippen molar-refractivity contribution in [1.29, 1.82) is 0 Å². The Kier molecular flexibility index (Phi) is 31.5. The van der Waals surface area contributed by atoms with Gasteiger partial charge in [-0.2, -0.15) is 0 Å². The summed E-state index contributed by atoms with van der Waals surface area (Å²) in [6.45, 7) is 6.61. The van der Waals surface area contributed by atoms with E-state index in [2.05, 4.69) is 57.2 Å². The zero-order chi connectivity index (χ0) is 36.3. The topological polar surface area (TPSA) is 85.4 Å². The summed E-state index contributed by atoms with van der Waals surface area (Å²) < 4.78 is 16.1. The van der Waals surface area contributed by atoms with Crippen molar-refractivity contribution in [3.63, 3.8) is 0 Å². The highest BCUT2D eigenvalue weighted by Crippen LogP contribution is 2.29. The molecule has 0 aromatic rings. The molecular weight excluding hydrogens is 624 g/mol. The van der Waals surface area contributed by atoms with Crippen LogP contribution in [0.1, 0.15) is 194 Å². The fraction of sp³-hybridized carbons (Fsp3) is 0.818. The highest BCUT2D eigenvalue weighted by atomic mass is 16.6. The molecule has 50 heavy (non-hydrogen) atoms. The van der Waals surface area contributed by atoms with E-state index in [1.165, 1.54) is 109 Å². The van der Waals surface area contributed by atoms with E-state index in [1.54, 1.807) is 0 Å². The second-order valence-corrected chi connectivity index (χ2v) is 14.7. The highest BCUT2D eigenvalue weighted by Gasteiger charge is 2.35. The fourth-order valence-corrected chi connectivity index (χ4v) is 6.10. The lowest BCUT2D eigenvalue weighted by Gasteiger charge is -2.12. The predicted molar refractivity (Wildman–Crippen MR) is 209 cm³/mol. The second-order valence-electron chi connectivity index (χ2n) is 14.7. The SMILES string of the molecule is CCCCC/C=C\CC1OC1C/C=C\C/C=C\CCCC(=O)OC[C@@H](O)COC(=O)CCCCCCCCCCCCCCCCC(C)CC. The van der Waals surface area contributed by atoms with Crippen LogP contribution in [0.15, 0.2) is 36.5 Å². The van der Waals surface area contributed by atoms with E-state index < -0.39 is 6.10 Å². The smallest absolute Gasteiger partial charge is 0.305 e. The van der Waals surface area contributed by atoms with Gasteiger partial charge in [-0.15, -0.1) is 0 Å². The lowest BCUT2D eigenvalue weighted by Crippen LogP contribution is -2.25. The third-order valence-corrected chi connectivity index (χ3v) is 9.82. The summed E-state index contributed by atoms with van der Waals surface area (Å²) in [6.07, 6.45) is 43.7. The lowest BCUT2D eigenvalue weighted by molar-refractivity contribution is -0.152. The van der Waals surface area contributed by atoms with Crippen LogP contribution in [0.25, 0.3) is 0 Å². The van der Waals surface area contributed by atoms with Crippen LogP contribution in [-0.4, -0.2) is 48.6 Å². The van der Waals surface area contributed by atoms with Gasteiger partial charge in [-0.25, -0.2) is 0 Å². The summed E-state index contributed by atoms with van der Waals surface area (Å²) in [7, 11) is 0. The number of hydrogen-bond acceptors (Lipinski definition) is 6. The van der Waals surface area contributed by atoms with Crippen LogP contribution in [-0.2, 0) is 23.8 Å². The zero-order valence-corrected chi connectivity index (χ0v) is 32.8. The summed E-state index contributed by atoms with van der Waals surface area (Å²) in [5.41, 5.74) is 0. The Balaban J connectivity index is 1.84. The molecule has 0 amide bonds. The zero-order valence-electron chi connectivity index (χ0n) is 32.8. The van der Waals surface area contributed by atoms with Gasteiger partial charge in [0.15, 0.2) is 0 Å². The van der Waals surface area contributed by atoms with Gasteiger partial charge in [0.1, 0.15) is 19.3 Å². The van der Waals surface area contributed by atoms with Gasteiger partial charge in [-0.1, -0.05) is 166 Å². The van der Waals surface area contributed by atoms with Crippen molar-refractivity contribution in [2.24, 2.45) is 5.92 Å². The first-order chi connectivity index (χ1) is 24.5. The maximum atomic E-state index is 12.0. The molecule has 1 aliphatic rings. The molecule has 1 aliphatic heterocycles. The molecule has 0 saturated carbocycles. The number of aliphatic hydroxyl groups is 1. The molecule has 1 fully saturated rings. The first-order valence-corrected chi connectivity index (χ1v) is 21.1. The molecule has 1 saturated heterocycles. The summed E-state index contributed by atoms with van der Waals surface area (Å²) in [5.74, 6) is 0.269. The van der Waals surface area contributed by atoms with Crippen LogP contribution >= 0.6 is 0 Å². The summed E-state index contributed by atoms with van der Waals surface area (Å²) in [5, 5.41) is 10.0. The second kappa shape index (κ2) is 34.2. The number of rotatable bonds is 36. The Hall–Kier alpha value is -1.92. The lowest BCUT2D eigenvalue weighted by atomic mass is 9.99. The number of aliphatic hydroxyl groups excluding tert-OH is 1. The molecule has 0 aliphatic carbocycles. The molecule has 0 radical (unpaired) electrons. The van der Waals surface area contributed by atoms with Gasteiger partial charge in [-0.3, -0.25) is 9.59 Å². The minimum atomic E-state index is -0.989. The molecule has 1 rings (SSSR count). The van der Waals surface area contributed by atoms with Crippen molar-refractivity contribution in [2.45, 2.75) is 212 Å². The maximum absolute atomic E-state index is 12.0. The third kappa shape index (κ3) is 30.9. The Labute approximate surface area is 308 Å². The number of unbranched alkanes of at least 4 members (excludes halogenated alkanes) is 17. The number of esters is 2. The van der Waals surface area contributed by atoms with Crippen LogP contribution in [0.4, 0.5) is 0 Å². The van der Waals surface area contributed by atoms with Crippen molar-refractivity contribution in [3.05, 3.63) is 36.5 Å². The average Bonchev–Trinajstić information content (AvgIpc) is 3.87. The van der Waals surface area contributed by atoms with Crippen molar-refractivity contribution >= 4 is 11.9 Å². The van der Waals surface area contributed by atoms with Crippen molar-refractivity contribution < 1.29 is 28.9 Å². The van der Waals surface area contributed by atoms with E-state index in [1.807, 2.05) is 0 Å². The standard InChI is InChI=1S/C44H78O6/c1-4-6-7-8-23-28-33-41-42(50-41)34-29-24-19-17-21-26-31-36-44(47)49-38-40(45)37-48-43(46)35-30-25-20-16-14-12-10-9-11-13-15-18-22-27-32-39(3)5-2/h17,21,23-24,28-29,39-42,45H,4-16,18-20,22,25-27,30-38H2,1-3H3/b21-17-,28-23-,29-24-/t39?,40-,41?,42?/m0/s1. The third-order valence-electron chi connectivity index (χ3n) is 9.82. The van der Waals surface area contributed by atoms with E-state index in [4.69, 9.17) is 14.2 Å². The van der Waals surface area contributed by atoms with E-state index in [0.29, 0.717) is 31.5 Å². The molecule has 290 valence electrons. The van der Waals surface area contributed by atoms with E-state index in [9.17, 15) is 14.7 Å². The maximum Gasteiger partial charge on any atom is 0.305 e. The van der Waals surface area contributed by atoms with Crippen molar-refractivity contribution in [2.75, 3.05) is 13.2 Å². The molecule has 1 N–H and O–H groups in total. The normalized spacial score (nSPS) is 17.2. The molecule has 1 heterocycles. The fourth-order valence-electron chi connectivity index (χ4n) is 6.10. The van der Waals surface area contributed by atoms with Gasteiger partial charge in [0, 0.05) is 12.8 Å². The minimum Gasteiger partial charge on any atom is -0.463 e. The molecule has 4 atom stereocenters.